The summed E-state index contributed by atoms with van der Waals surface area (Å²) in [5.41, 5.74) is -0.338. The molecular formula is C15H13NO7. The number of rotatable bonds is 7. The summed E-state index contributed by atoms with van der Waals surface area (Å²) in [6.07, 6.45) is 0.382. The molecule has 0 aliphatic rings. The van der Waals surface area contributed by atoms with E-state index in [9.17, 15) is 19.7 Å². The Bertz CT molecular complexity index is 735. The molecule has 0 amide bonds. The number of hydrogen-bond donors (Lipinski definition) is 0. The summed E-state index contributed by atoms with van der Waals surface area (Å²) in [7, 11) is 1.49. The molecule has 1 aromatic carbocycles. The number of benzene rings is 1. The lowest BCUT2D eigenvalue weighted by atomic mass is 10.1. The summed E-state index contributed by atoms with van der Waals surface area (Å²) in [4.78, 5) is 33.1. The van der Waals surface area contributed by atoms with E-state index in [-0.39, 0.29) is 35.8 Å². The predicted molar refractivity (Wildman–Crippen MR) is 77.0 cm³/mol. The van der Waals surface area contributed by atoms with E-state index in [0.717, 1.165) is 0 Å². The van der Waals surface area contributed by atoms with Crippen LogP contribution in [0.3, 0.4) is 0 Å². The van der Waals surface area contributed by atoms with E-state index in [1.54, 1.807) is 6.07 Å². The van der Waals surface area contributed by atoms with Gasteiger partial charge in [0, 0.05) is 7.11 Å². The van der Waals surface area contributed by atoms with Crippen LogP contribution in [0.5, 0.6) is 0 Å². The Morgan fingerprint density at radius 1 is 1.30 bits per heavy atom. The molecule has 0 atom stereocenters. The molecule has 8 heteroatoms. The fourth-order valence-corrected chi connectivity index (χ4v) is 1.97. The van der Waals surface area contributed by atoms with Gasteiger partial charge in [-0.15, -0.1) is 0 Å². The smallest absolute Gasteiger partial charge is 0.374 e. The molecule has 0 fully saturated rings. The normalized spacial score (nSPS) is 10.3. The van der Waals surface area contributed by atoms with Crippen molar-refractivity contribution in [1.82, 2.24) is 0 Å². The summed E-state index contributed by atoms with van der Waals surface area (Å²) in [5, 5.41) is 11.1. The molecule has 120 valence electrons. The molecule has 0 N–H and O–H groups in total. The second-order valence-electron chi connectivity index (χ2n) is 4.51. The molecule has 0 aliphatic carbocycles. The zero-order valence-electron chi connectivity index (χ0n) is 12.2. The fraction of sp³-hybridized carbons (Fsp3) is 0.200. The first-order valence-electron chi connectivity index (χ1n) is 6.53. The summed E-state index contributed by atoms with van der Waals surface area (Å²) >= 11 is 0. The Balaban J connectivity index is 2.12. The number of furan rings is 1. The Kier molecular flexibility index (Phi) is 5.21. The van der Waals surface area contributed by atoms with Crippen molar-refractivity contribution in [2.75, 3.05) is 7.11 Å². The fourth-order valence-electron chi connectivity index (χ4n) is 1.97. The van der Waals surface area contributed by atoms with Crippen molar-refractivity contribution in [3.8, 4) is 0 Å². The Labute approximate surface area is 130 Å². The van der Waals surface area contributed by atoms with Crippen molar-refractivity contribution in [3.63, 3.8) is 0 Å². The lowest BCUT2D eigenvalue weighted by Crippen LogP contribution is -2.07. The number of methoxy groups -OCH3 is 1. The third kappa shape index (κ3) is 3.80. The van der Waals surface area contributed by atoms with Crippen molar-refractivity contribution < 1.29 is 28.4 Å². The van der Waals surface area contributed by atoms with Crippen LogP contribution < -0.4 is 0 Å². The molecule has 1 aromatic heterocycles. The lowest BCUT2D eigenvalue weighted by Gasteiger charge is -2.05. The van der Waals surface area contributed by atoms with Crippen LogP contribution >= 0.6 is 0 Å². The number of nitro benzene ring substituents is 1. The van der Waals surface area contributed by atoms with Crippen molar-refractivity contribution in [2.45, 2.75) is 13.2 Å². The maximum absolute atomic E-state index is 11.9. The van der Waals surface area contributed by atoms with Crippen LogP contribution in [0.15, 0.2) is 34.7 Å². The largest absolute Gasteiger partial charge is 0.455 e. The summed E-state index contributed by atoms with van der Waals surface area (Å²) < 4.78 is 15.1. The van der Waals surface area contributed by atoms with Gasteiger partial charge in [-0.3, -0.25) is 14.9 Å². The van der Waals surface area contributed by atoms with E-state index in [2.05, 4.69) is 0 Å². The Morgan fingerprint density at radius 3 is 2.74 bits per heavy atom. The van der Waals surface area contributed by atoms with Crippen LogP contribution in [0, 0.1) is 10.1 Å². The first-order valence-corrected chi connectivity index (χ1v) is 6.53. The number of carbonyl (C=O) groups excluding carboxylic acids is 2. The molecule has 2 rings (SSSR count). The molecule has 2 aromatic rings. The van der Waals surface area contributed by atoms with Gasteiger partial charge in [-0.1, -0.05) is 6.07 Å². The highest BCUT2D eigenvalue weighted by molar-refractivity contribution is 5.86. The Morgan fingerprint density at radius 2 is 2.09 bits per heavy atom. The third-order valence-electron chi connectivity index (χ3n) is 2.97. The number of hydrogen-bond acceptors (Lipinski definition) is 7. The van der Waals surface area contributed by atoms with Crippen LogP contribution in [0.25, 0.3) is 0 Å². The summed E-state index contributed by atoms with van der Waals surface area (Å²) in [5.74, 6) is -0.349. The molecule has 0 unspecified atom stereocenters. The number of para-hydroxylation sites is 1. The predicted octanol–water partition coefficient (Wildman–Crippen LogP) is 2.50. The second kappa shape index (κ2) is 7.32. The number of aldehydes is 1. The van der Waals surface area contributed by atoms with Gasteiger partial charge in [-0.25, -0.2) is 4.79 Å². The van der Waals surface area contributed by atoms with Gasteiger partial charge in [-0.05, 0) is 24.3 Å². The molecule has 0 radical (unpaired) electrons. The molecule has 8 nitrogen and oxygen atoms in total. The van der Waals surface area contributed by atoms with Crippen LogP contribution in [-0.2, 0) is 22.7 Å². The molecule has 0 aliphatic heterocycles. The zero-order valence-corrected chi connectivity index (χ0v) is 12.2. The minimum absolute atomic E-state index is 0.0359. The molecule has 1 heterocycles. The van der Waals surface area contributed by atoms with Crippen LogP contribution in [0.1, 0.15) is 32.2 Å². The molecular weight excluding hydrogens is 306 g/mol. The average Bonchev–Trinajstić information content (AvgIpc) is 3.01. The van der Waals surface area contributed by atoms with E-state index in [0.29, 0.717) is 12.0 Å². The molecule has 0 saturated heterocycles. The summed E-state index contributed by atoms with van der Waals surface area (Å²) in [6, 6.07) is 7.20. The third-order valence-corrected chi connectivity index (χ3v) is 2.97. The van der Waals surface area contributed by atoms with Gasteiger partial charge < -0.3 is 13.9 Å². The molecule has 0 spiro atoms. The van der Waals surface area contributed by atoms with Crippen LogP contribution in [0.4, 0.5) is 5.69 Å². The summed E-state index contributed by atoms with van der Waals surface area (Å²) in [6.45, 7) is -0.142. The van der Waals surface area contributed by atoms with Gasteiger partial charge in [0.25, 0.3) is 5.69 Å². The van der Waals surface area contributed by atoms with Gasteiger partial charge in [0.1, 0.15) is 19.0 Å². The van der Waals surface area contributed by atoms with E-state index in [4.69, 9.17) is 13.9 Å². The number of nitro groups is 1. The first-order chi connectivity index (χ1) is 11.1. The highest BCUT2D eigenvalue weighted by Gasteiger charge is 2.21. The van der Waals surface area contributed by atoms with Gasteiger partial charge >= 0.3 is 5.97 Å². The minimum atomic E-state index is -0.766. The van der Waals surface area contributed by atoms with Crippen molar-refractivity contribution >= 4 is 17.9 Å². The number of carbonyl (C=O) groups is 2. The number of nitrogens with zero attached hydrogens (tertiary/aromatic N) is 1. The van der Waals surface area contributed by atoms with Gasteiger partial charge in [0.2, 0.25) is 5.76 Å². The van der Waals surface area contributed by atoms with Crippen LogP contribution in [0.2, 0.25) is 0 Å². The highest BCUT2D eigenvalue weighted by Crippen LogP contribution is 2.23. The SMILES string of the molecule is COCc1ccc(C(=O)OCc2cccc(C=O)c2[N+](=O)[O-])o1. The van der Waals surface area contributed by atoms with Gasteiger partial charge in [-0.2, -0.15) is 0 Å². The maximum atomic E-state index is 11.9. The van der Waals surface area contributed by atoms with E-state index >= 15 is 0 Å². The second-order valence-corrected chi connectivity index (χ2v) is 4.51. The standard InChI is InChI=1S/C15H13NO7/c1-21-9-12-5-6-13(23-12)15(18)22-8-11-4-2-3-10(7-17)14(11)16(19)20/h2-7H,8-9H2,1H3. The zero-order chi connectivity index (χ0) is 16.8. The van der Waals surface area contributed by atoms with Gasteiger partial charge in [0.05, 0.1) is 16.1 Å². The van der Waals surface area contributed by atoms with E-state index < -0.39 is 10.9 Å². The first kappa shape index (κ1) is 16.4. The average molecular weight is 319 g/mol. The van der Waals surface area contributed by atoms with Crippen molar-refractivity contribution in [2.24, 2.45) is 0 Å². The lowest BCUT2D eigenvalue weighted by molar-refractivity contribution is -0.386. The van der Waals surface area contributed by atoms with Crippen LogP contribution in [-0.4, -0.2) is 24.3 Å². The monoisotopic (exact) mass is 319 g/mol. The van der Waals surface area contributed by atoms with E-state index in [1.165, 1.54) is 31.4 Å². The van der Waals surface area contributed by atoms with Crippen molar-refractivity contribution in [1.29, 1.82) is 0 Å². The van der Waals surface area contributed by atoms with Crippen molar-refractivity contribution in [3.05, 3.63) is 63.1 Å². The Hall–Kier alpha value is -3.00. The maximum Gasteiger partial charge on any atom is 0.374 e. The van der Waals surface area contributed by atoms with Gasteiger partial charge in [0.15, 0.2) is 6.29 Å². The molecule has 0 saturated carbocycles. The minimum Gasteiger partial charge on any atom is -0.455 e. The topological polar surface area (TPSA) is 109 Å². The van der Waals surface area contributed by atoms with E-state index in [1.807, 2.05) is 0 Å². The highest BCUT2D eigenvalue weighted by atomic mass is 16.6. The number of ether oxygens (including phenoxy) is 2. The molecule has 23 heavy (non-hydrogen) atoms. The molecule has 0 bridgehead atoms. The number of esters is 1. The quantitative estimate of drug-likeness (QED) is 0.334.